The highest BCUT2D eigenvalue weighted by Gasteiger charge is 2.30. The zero-order chi connectivity index (χ0) is 14.9. The molecule has 0 aromatic heterocycles. The summed E-state index contributed by atoms with van der Waals surface area (Å²) in [6.45, 7) is 1.75. The molecule has 0 atom stereocenters. The number of carboxylic acid groups (broad SMARTS) is 1. The van der Waals surface area contributed by atoms with Crippen LogP contribution in [0.2, 0.25) is 0 Å². The topological polar surface area (TPSA) is 104 Å². The number of benzene rings is 1. The quantitative estimate of drug-likeness (QED) is 0.805. The molecule has 0 radical (unpaired) electrons. The first kappa shape index (κ1) is 14.5. The van der Waals surface area contributed by atoms with Gasteiger partial charge in [-0.15, -0.1) is 0 Å². The van der Waals surface area contributed by atoms with E-state index in [1.807, 2.05) is 0 Å². The fourth-order valence-electron chi connectivity index (χ4n) is 1.97. The van der Waals surface area contributed by atoms with Crippen LogP contribution in [-0.4, -0.2) is 49.3 Å². The number of carbonyl (C=O) groups excluding carboxylic acids is 1. The van der Waals surface area contributed by atoms with E-state index in [1.165, 1.54) is 12.1 Å². The molecule has 1 fully saturated rings. The highest BCUT2D eigenvalue weighted by atomic mass is 32.2. The summed E-state index contributed by atoms with van der Waals surface area (Å²) in [6.07, 6.45) is 0. The SMILES string of the molecule is Cc1ccc(C(=O)O)cc1S(=O)(=O)N1CCNC(=O)C1. The predicted molar refractivity (Wildman–Crippen MR) is 69.9 cm³/mol. The Kier molecular flexibility index (Phi) is 3.78. The Balaban J connectivity index is 2.45. The van der Waals surface area contributed by atoms with Gasteiger partial charge in [0.15, 0.2) is 0 Å². The third kappa shape index (κ3) is 2.66. The average molecular weight is 298 g/mol. The maximum atomic E-state index is 12.5. The number of amides is 1. The van der Waals surface area contributed by atoms with E-state index < -0.39 is 16.0 Å². The number of nitrogens with zero attached hydrogens (tertiary/aromatic N) is 1. The van der Waals surface area contributed by atoms with Gasteiger partial charge in [0.25, 0.3) is 0 Å². The Bertz CT molecular complexity index is 668. The van der Waals surface area contributed by atoms with Crippen molar-refractivity contribution in [3.63, 3.8) is 0 Å². The molecule has 0 bridgehead atoms. The van der Waals surface area contributed by atoms with Gasteiger partial charge >= 0.3 is 5.97 Å². The summed E-state index contributed by atoms with van der Waals surface area (Å²) in [7, 11) is -3.87. The number of hydrogen-bond acceptors (Lipinski definition) is 4. The Morgan fingerprint density at radius 2 is 2.10 bits per heavy atom. The lowest BCUT2D eigenvalue weighted by Crippen LogP contribution is -2.49. The first-order valence-electron chi connectivity index (χ1n) is 5.93. The molecule has 0 aliphatic carbocycles. The Morgan fingerprint density at radius 1 is 1.40 bits per heavy atom. The molecule has 0 saturated carbocycles. The zero-order valence-corrected chi connectivity index (χ0v) is 11.6. The number of nitrogens with one attached hydrogen (secondary N) is 1. The van der Waals surface area contributed by atoms with E-state index in [0.29, 0.717) is 5.56 Å². The number of aryl methyl sites for hydroxylation is 1. The van der Waals surface area contributed by atoms with Gasteiger partial charge in [0.05, 0.1) is 17.0 Å². The Morgan fingerprint density at radius 3 is 2.70 bits per heavy atom. The lowest BCUT2D eigenvalue weighted by atomic mass is 10.1. The molecule has 0 spiro atoms. The molecule has 7 nitrogen and oxygen atoms in total. The average Bonchev–Trinajstić information content (AvgIpc) is 2.38. The van der Waals surface area contributed by atoms with E-state index in [2.05, 4.69) is 5.32 Å². The van der Waals surface area contributed by atoms with Crippen LogP contribution in [0.4, 0.5) is 0 Å². The highest BCUT2D eigenvalue weighted by molar-refractivity contribution is 7.89. The van der Waals surface area contributed by atoms with E-state index >= 15 is 0 Å². The van der Waals surface area contributed by atoms with Crippen LogP contribution in [0, 0.1) is 6.92 Å². The summed E-state index contributed by atoms with van der Waals surface area (Å²) in [5.41, 5.74) is 0.344. The summed E-state index contributed by atoms with van der Waals surface area (Å²) in [6, 6.07) is 3.92. The van der Waals surface area contributed by atoms with Crippen LogP contribution in [0.15, 0.2) is 23.1 Å². The van der Waals surface area contributed by atoms with Gasteiger partial charge in [0.1, 0.15) is 0 Å². The largest absolute Gasteiger partial charge is 0.478 e. The van der Waals surface area contributed by atoms with Crippen molar-refractivity contribution < 1.29 is 23.1 Å². The summed E-state index contributed by atoms with van der Waals surface area (Å²) >= 11 is 0. The van der Waals surface area contributed by atoms with Gasteiger partial charge in [0, 0.05) is 13.1 Å². The minimum Gasteiger partial charge on any atom is -0.478 e. The fourth-order valence-corrected chi connectivity index (χ4v) is 3.62. The number of sulfonamides is 1. The van der Waals surface area contributed by atoms with Gasteiger partial charge in [-0.05, 0) is 24.6 Å². The number of carboxylic acids is 1. The highest BCUT2D eigenvalue weighted by Crippen LogP contribution is 2.22. The third-order valence-corrected chi connectivity index (χ3v) is 5.04. The van der Waals surface area contributed by atoms with Gasteiger partial charge in [-0.25, -0.2) is 13.2 Å². The van der Waals surface area contributed by atoms with Crippen LogP contribution in [-0.2, 0) is 14.8 Å². The second kappa shape index (κ2) is 5.22. The number of hydrogen-bond donors (Lipinski definition) is 2. The first-order valence-corrected chi connectivity index (χ1v) is 7.37. The summed E-state index contributed by atoms with van der Waals surface area (Å²) in [5.74, 6) is -1.57. The van der Waals surface area contributed by atoms with Gasteiger partial charge in [-0.3, -0.25) is 4.79 Å². The molecular weight excluding hydrogens is 284 g/mol. The smallest absolute Gasteiger partial charge is 0.335 e. The maximum absolute atomic E-state index is 12.5. The fraction of sp³-hybridized carbons (Fsp3) is 0.333. The lowest BCUT2D eigenvalue weighted by Gasteiger charge is -2.26. The number of piperazine rings is 1. The molecule has 1 heterocycles. The van der Waals surface area contributed by atoms with Crippen molar-refractivity contribution in [1.29, 1.82) is 0 Å². The number of aromatic carboxylic acids is 1. The molecule has 108 valence electrons. The van der Waals surface area contributed by atoms with E-state index in [9.17, 15) is 18.0 Å². The van der Waals surface area contributed by atoms with Gasteiger partial charge in [-0.1, -0.05) is 6.07 Å². The molecule has 2 N–H and O–H groups in total. The van der Waals surface area contributed by atoms with E-state index in [-0.39, 0.29) is 36.0 Å². The minimum absolute atomic E-state index is 0.0768. The summed E-state index contributed by atoms with van der Waals surface area (Å²) < 4.78 is 26.0. The van der Waals surface area contributed by atoms with Crippen molar-refractivity contribution in [2.45, 2.75) is 11.8 Å². The Hall–Kier alpha value is -1.93. The van der Waals surface area contributed by atoms with Crippen molar-refractivity contribution in [2.24, 2.45) is 0 Å². The van der Waals surface area contributed by atoms with Gasteiger partial charge < -0.3 is 10.4 Å². The van der Waals surface area contributed by atoms with Crippen LogP contribution >= 0.6 is 0 Å². The number of rotatable bonds is 3. The van der Waals surface area contributed by atoms with Crippen molar-refractivity contribution in [3.8, 4) is 0 Å². The van der Waals surface area contributed by atoms with Crippen molar-refractivity contribution in [3.05, 3.63) is 29.3 Å². The molecule has 1 aromatic carbocycles. The normalized spacial score (nSPS) is 16.8. The minimum atomic E-state index is -3.87. The zero-order valence-electron chi connectivity index (χ0n) is 10.8. The van der Waals surface area contributed by atoms with Crippen LogP contribution < -0.4 is 5.32 Å². The predicted octanol–water partition coefficient (Wildman–Crippen LogP) is -0.186. The molecule has 0 unspecified atom stereocenters. The van der Waals surface area contributed by atoms with Crippen LogP contribution in [0.1, 0.15) is 15.9 Å². The van der Waals surface area contributed by atoms with E-state index in [1.54, 1.807) is 6.92 Å². The van der Waals surface area contributed by atoms with Crippen LogP contribution in [0.25, 0.3) is 0 Å². The van der Waals surface area contributed by atoms with Crippen molar-refractivity contribution in [2.75, 3.05) is 19.6 Å². The summed E-state index contributed by atoms with van der Waals surface area (Å²) in [5, 5.41) is 11.5. The Labute approximate surface area is 116 Å². The lowest BCUT2D eigenvalue weighted by molar-refractivity contribution is -0.122. The molecule has 1 aromatic rings. The maximum Gasteiger partial charge on any atom is 0.335 e. The van der Waals surface area contributed by atoms with Crippen LogP contribution in [0.5, 0.6) is 0 Å². The monoisotopic (exact) mass is 298 g/mol. The second-order valence-corrected chi connectivity index (χ2v) is 6.38. The molecule has 1 aliphatic heterocycles. The first-order chi connectivity index (χ1) is 9.32. The van der Waals surface area contributed by atoms with Crippen LogP contribution in [0.3, 0.4) is 0 Å². The molecular formula is C12H14N2O5S. The molecule has 1 saturated heterocycles. The molecule has 2 rings (SSSR count). The van der Waals surface area contributed by atoms with Crippen molar-refractivity contribution >= 4 is 21.9 Å². The molecule has 1 aliphatic rings. The third-order valence-electron chi connectivity index (χ3n) is 3.06. The standard InChI is InChI=1S/C12H14N2O5S/c1-8-2-3-9(12(16)17)6-10(8)20(18,19)14-5-4-13-11(15)7-14/h2-3,6H,4-5,7H2,1H3,(H,13,15)(H,16,17). The van der Waals surface area contributed by atoms with Gasteiger partial charge in [0.2, 0.25) is 15.9 Å². The molecule has 1 amide bonds. The van der Waals surface area contributed by atoms with Gasteiger partial charge in [-0.2, -0.15) is 4.31 Å². The second-order valence-electron chi connectivity index (χ2n) is 4.47. The van der Waals surface area contributed by atoms with Crippen molar-refractivity contribution in [1.82, 2.24) is 9.62 Å². The van der Waals surface area contributed by atoms with E-state index in [0.717, 1.165) is 10.4 Å². The number of carbonyl (C=O) groups is 2. The molecule has 20 heavy (non-hydrogen) atoms. The van der Waals surface area contributed by atoms with E-state index in [4.69, 9.17) is 5.11 Å². The summed E-state index contributed by atoms with van der Waals surface area (Å²) in [4.78, 5) is 22.2. The molecule has 8 heteroatoms.